The van der Waals surface area contributed by atoms with E-state index in [2.05, 4.69) is 70.2 Å². The minimum Gasteiger partial charge on any atom is -0.346 e. The lowest BCUT2D eigenvalue weighted by atomic mass is 10.0. The van der Waals surface area contributed by atoms with Gasteiger partial charge in [-0.2, -0.15) is 0 Å². The van der Waals surface area contributed by atoms with E-state index in [-0.39, 0.29) is 11.4 Å². The molecule has 1 heterocycles. The van der Waals surface area contributed by atoms with Crippen LogP contribution in [0.25, 0.3) is 0 Å². The van der Waals surface area contributed by atoms with Gasteiger partial charge in [-0.1, -0.05) is 31.9 Å². The molecule has 0 atom stereocenters. The van der Waals surface area contributed by atoms with Gasteiger partial charge in [0.25, 0.3) is 5.91 Å². The SMILES string of the molecule is CC(C)(C)NC(=O)c1ncc(Br)cc1CCc1cc(Br)cc(Br)c1. The summed E-state index contributed by atoms with van der Waals surface area (Å²) in [6.45, 7) is 5.88. The third-order valence-corrected chi connectivity index (χ3v) is 4.59. The summed E-state index contributed by atoms with van der Waals surface area (Å²) in [7, 11) is 0. The van der Waals surface area contributed by atoms with E-state index in [1.165, 1.54) is 5.56 Å². The summed E-state index contributed by atoms with van der Waals surface area (Å²) in [4.78, 5) is 16.8. The lowest BCUT2D eigenvalue weighted by molar-refractivity contribution is 0.0913. The topological polar surface area (TPSA) is 42.0 Å². The Morgan fingerprint density at radius 3 is 2.21 bits per heavy atom. The van der Waals surface area contributed by atoms with Gasteiger partial charge in [0.05, 0.1) is 0 Å². The summed E-state index contributed by atoms with van der Waals surface area (Å²) in [6.07, 6.45) is 3.23. The molecule has 6 heteroatoms. The molecule has 0 saturated heterocycles. The average molecular weight is 519 g/mol. The minimum absolute atomic E-state index is 0.138. The molecule has 0 radical (unpaired) electrons. The van der Waals surface area contributed by atoms with Crippen molar-refractivity contribution >= 4 is 53.7 Å². The number of rotatable bonds is 4. The first kappa shape index (κ1) is 19.6. The summed E-state index contributed by atoms with van der Waals surface area (Å²) < 4.78 is 2.94. The maximum Gasteiger partial charge on any atom is 0.270 e. The summed E-state index contributed by atoms with van der Waals surface area (Å²) in [5.41, 5.74) is 2.32. The maximum absolute atomic E-state index is 12.5. The van der Waals surface area contributed by atoms with E-state index >= 15 is 0 Å². The lowest BCUT2D eigenvalue weighted by Gasteiger charge is -2.21. The molecule has 1 aromatic heterocycles. The van der Waals surface area contributed by atoms with E-state index in [0.29, 0.717) is 5.69 Å². The fourth-order valence-corrected chi connectivity index (χ4v) is 4.08. The molecule has 2 aromatic rings. The van der Waals surface area contributed by atoms with E-state index in [1.807, 2.05) is 32.9 Å². The molecule has 0 bridgehead atoms. The molecule has 0 aliphatic carbocycles. The zero-order valence-corrected chi connectivity index (χ0v) is 18.5. The van der Waals surface area contributed by atoms with Crippen LogP contribution >= 0.6 is 47.8 Å². The summed E-state index contributed by atoms with van der Waals surface area (Å²) in [6, 6.07) is 8.15. The number of carbonyl (C=O) groups is 1. The number of hydrogen-bond donors (Lipinski definition) is 1. The third-order valence-electron chi connectivity index (χ3n) is 3.24. The number of aryl methyl sites for hydroxylation is 2. The highest BCUT2D eigenvalue weighted by molar-refractivity contribution is 9.11. The van der Waals surface area contributed by atoms with Crippen molar-refractivity contribution in [3.8, 4) is 0 Å². The summed E-state index contributed by atoms with van der Waals surface area (Å²) in [5, 5.41) is 2.98. The first-order chi connectivity index (χ1) is 11.1. The van der Waals surface area contributed by atoms with Crippen LogP contribution in [0.2, 0.25) is 0 Å². The van der Waals surface area contributed by atoms with Crippen molar-refractivity contribution in [3.63, 3.8) is 0 Å². The Balaban J connectivity index is 2.22. The number of aromatic nitrogens is 1. The van der Waals surface area contributed by atoms with E-state index < -0.39 is 0 Å². The second kappa shape index (κ2) is 8.11. The van der Waals surface area contributed by atoms with Crippen LogP contribution in [0, 0.1) is 0 Å². The molecule has 1 amide bonds. The Morgan fingerprint density at radius 2 is 1.62 bits per heavy atom. The number of hydrogen-bond acceptors (Lipinski definition) is 2. The van der Waals surface area contributed by atoms with Crippen LogP contribution in [0.4, 0.5) is 0 Å². The minimum atomic E-state index is -0.293. The zero-order chi connectivity index (χ0) is 17.9. The first-order valence-corrected chi connectivity index (χ1v) is 9.94. The van der Waals surface area contributed by atoms with Crippen LogP contribution < -0.4 is 5.32 Å². The van der Waals surface area contributed by atoms with Crippen LogP contribution in [-0.4, -0.2) is 16.4 Å². The molecule has 0 unspecified atom stereocenters. The van der Waals surface area contributed by atoms with Crippen molar-refractivity contribution in [2.24, 2.45) is 0 Å². The molecule has 0 aliphatic rings. The van der Waals surface area contributed by atoms with Crippen LogP contribution in [0.15, 0.2) is 43.9 Å². The number of amides is 1. The number of nitrogens with one attached hydrogen (secondary N) is 1. The van der Waals surface area contributed by atoms with Crippen LogP contribution in [0.5, 0.6) is 0 Å². The van der Waals surface area contributed by atoms with Crippen molar-refractivity contribution in [2.75, 3.05) is 0 Å². The van der Waals surface area contributed by atoms with E-state index in [4.69, 9.17) is 0 Å². The van der Waals surface area contributed by atoms with Crippen LogP contribution in [-0.2, 0) is 12.8 Å². The van der Waals surface area contributed by atoms with Gasteiger partial charge >= 0.3 is 0 Å². The maximum atomic E-state index is 12.5. The van der Waals surface area contributed by atoms with Crippen LogP contribution in [0.3, 0.4) is 0 Å². The van der Waals surface area contributed by atoms with Crippen LogP contribution in [0.1, 0.15) is 42.4 Å². The molecule has 0 spiro atoms. The van der Waals surface area contributed by atoms with Crippen molar-refractivity contribution < 1.29 is 4.79 Å². The Labute approximate surface area is 168 Å². The molecule has 2 rings (SSSR count). The summed E-state index contributed by atoms with van der Waals surface area (Å²) >= 11 is 10.5. The number of halogens is 3. The average Bonchev–Trinajstić information content (AvgIpc) is 2.42. The monoisotopic (exact) mass is 516 g/mol. The van der Waals surface area contributed by atoms with Crippen molar-refractivity contribution in [1.29, 1.82) is 0 Å². The number of pyridine rings is 1. The van der Waals surface area contributed by atoms with Crippen molar-refractivity contribution in [3.05, 3.63) is 60.7 Å². The lowest BCUT2D eigenvalue weighted by Crippen LogP contribution is -2.41. The van der Waals surface area contributed by atoms with Crippen molar-refractivity contribution in [1.82, 2.24) is 10.3 Å². The Morgan fingerprint density at radius 1 is 1.00 bits per heavy atom. The second-order valence-corrected chi connectivity index (χ2v) is 9.39. The molecule has 24 heavy (non-hydrogen) atoms. The Kier molecular flexibility index (Phi) is 6.62. The van der Waals surface area contributed by atoms with Gasteiger partial charge in [0, 0.05) is 25.2 Å². The molecular weight excluding hydrogens is 500 g/mol. The molecule has 0 aliphatic heterocycles. The molecule has 3 nitrogen and oxygen atoms in total. The molecule has 0 saturated carbocycles. The van der Waals surface area contributed by atoms with Gasteiger partial charge in [-0.15, -0.1) is 0 Å². The predicted molar refractivity (Wildman–Crippen MR) is 108 cm³/mol. The normalized spacial score (nSPS) is 11.4. The molecule has 128 valence electrons. The van der Waals surface area contributed by atoms with Gasteiger partial charge in [-0.3, -0.25) is 4.79 Å². The number of carbonyl (C=O) groups excluding carboxylic acids is 1. The third kappa shape index (κ3) is 5.97. The molecule has 1 aromatic carbocycles. The van der Waals surface area contributed by atoms with Gasteiger partial charge in [-0.25, -0.2) is 4.98 Å². The largest absolute Gasteiger partial charge is 0.346 e. The van der Waals surface area contributed by atoms with Gasteiger partial charge in [0.1, 0.15) is 5.69 Å². The highest BCUT2D eigenvalue weighted by Gasteiger charge is 2.19. The smallest absolute Gasteiger partial charge is 0.270 e. The predicted octanol–water partition coefficient (Wildman–Crippen LogP) is 5.68. The van der Waals surface area contributed by atoms with E-state index in [9.17, 15) is 4.79 Å². The molecule has 1 N–H and O–H groups in total. The second-order valence-electron chi connectivity index (χ2n) is 6.64. The number of nitrogens with zero attached hydrogens (tertiary/aromatic N) is 1. The van der Waals surface area contributed by atoms with E-state index in [0.717, 1.165) is 31.8 Å². The summed E-state index contributed by atoms with van der Waals surface area (Å²) in [5.74, 6) is -0.138. The van der Waals surface area contributed by atoms with Gasteiger partial charge in [0.15, 0.2) is 0 Å². The Bertz CT molecular complexity index is 734. The standard InChI is InChI=1S/C18H19Br3N2O/c1-18(2,3)23-17(24)16-12(8-15(21)10-22-16)5-4-11-6-13(19)9-14(20)7-11/h6-10H,4-5H2,1-3H3,(H,23,24). The van der Waals surface area contributed by atoms with Gasteiger partial charge in [0.2, 0.25) is 0 Å². The van der Waals surface area contributed by atoms with Gasteiger partial charge < -0.3 is 5.32 Å². The zero-order valence-electron chi connectivity index (χ0n) is 13.8. The fourth-order valence-electron chi connectivity index (χ4n) is 2.31. The number of benzene rings is 1. The fraction of sp³-hybridized carbons (Fsp3) is 0.333. The quantitative estimate of drug-likeness (QED) is 0.565. The first-order valence-electron chi connectivity index (χ1n) is 7.56. The molecule has 0 fully saturated rings. The van der Waals surface area contributed by atoms with Gasteiger partial charge in [-0.05, 0) is 84.9 Å². The Hall–Kier alpha value is -0.720. The highest BCUT2D eigenvalue weighted by atomic mass is 79.9. The van der Waals surface area contributed by atoms with E-state index in [1.54, 1.807) is 6.20 Å². The highest BCUT2D eigenvalue weighted by Crippen LogP contribution is 2.22. The molecular formula is C18H19Br3N2O. The van der Waals surface area contributed by atoms with Crippen molar-refractivity contribution in [2.45, 2.75) is 39.2 Å².